The van der Waals surface area contributed by atoms with Crippen molar-refractivity contribution < 1.29 is 39.5 Å². The van der Waals surface area contributed by atoms with Gasteiger partial charge in [0, 0.05) is 36.6 Å². The highest BCUT2D eigenvalue weighted by Crippen LogP contribution is 2.40. The fraction of sp³-hybridized carbons (Fsp3) is 0.333. The third-order valence-electron chi connectivity index (χ3n) is 3.81. The third kappa shape index (κ3) is 2.80. The topological polar surface area (TPSA) is 134 Å². The summed E-state index contributed by atoms with van der Waals surface area (Å²) >= 11 is 0. The number of fused-ring (bicyclic) bond motifs is 1. The Morgan fingerprint density at radius 1 is 1.17 bits per heavy atom. The third-order valence-corrected chi connectivity index (χ3v) is 3.81. The minimum atomic E-state index is -1.34. The smallest absolute Gasteiger partial charge is 0.345 e. The molecule has 1 aromatic rings. The van der Waals surface area contributed by atoms with Gasteiger partial charge in [0.25, 0.3) is 0 Å². The number of hydrogen-bond acceptors (Lipinski definition) is 7. The van der Waals surface area contributed by atoms with E-state index in [0.717, 1.165) is 12.1 Å². The summed E-state index contributed by atoms with van der Waals surface area (Å²) in [4.78, 5) is 22.5. The van der Waals surface area contributed by atoms with E-state index in [-0.39, 0.29) is 35.7 Å². The number of aliphatic carboxylic acids is 1. The van der Waals surface area contributed by atoms with Crippen molar-refractivity contribution in [1.29, 1.82) is 0 Å². The van der Waals surface area contributed by atoms with E-state index in [4.69, 9.17) is 9.84 Å². The summed E-state index contributed by atoms with van der Waals surface area (Å²) in [5.41, 5.74) is 0.620. The second-order valence-electron chi connectivity index (χ2n) is 5.44. The first-order valence-corrected chi connectivity index (χ1v) is 6.88. The van der Waals surface area contributed by atoms with Crippen LogP contribution in [0, 0.1) is 0 Å². The molecule has 0 fully saturated rings. The van der Waals surface area contributed by atoms with Gasteiger partial charge in [0.2, 0.25) is 6.10 Å². The maximum absolute atomic E-state index is 11.5. The molecule has 0 spiro atoms. The van der Waals surface area contributed by atoms with Crippen molar-refractivity contribution in [3.63, 3.8) is 0 Å². The average molecular weight is 322 g/mol. The van der Waals surface area contributed by atoms with Crippen LogP contribution in [0.3, 0.4) is 0 Å². The number of carbonyl (C=O) groups is 2. The molecule has 8 nitrogen and oxygen atoms in total. The number of carbonyl (C=O) groups excluding carboxylic acids is 1. The number of phenols is 2. The lowest BCUT2D eigenvalue weighted by Crippen LogP contribution is -2.42. The number of carboxylic acids is 1. The van der Waals surface area contributed by atoms with Crippen molar-refractivity contribution in [2.45, 2.75) is 31.2 Å². The zero-order valence-electron chi connectivity index (χ0n) is 11.8. The van der Waals surface area contributed by atoms with Crippen LogP contribution in [-0.4, -0.2) is 50.7 Å². The van der Waals surface area contributed by atoms with E-state index in [2.05, 4.69) is 4.74 Å². The Labute approximate surface area is 130 Å². The highest BCUT2D eigenvalue weighted by molar-refractivity contribution is 5.88. The number of cyclic esters (lactones) is 1. The Hall–Kier alpha value is -2.74. The Morgan fingerprint density at radius 3 is 2.61 bits per heavy atom. The normalized spacial score (nSPS) is 26.6. The van der Waals surface area contributed by atoms with Crippen molar-refractivity contribution >= 4 is 11.9 Å². The molecule has 1 unspecified atom stereocenters. The van der Waals surface area contributed by atoms with Crippen LogP contribution in [0.15, 0.2) is 23.8 Å². The van der Waals surface area contributed by atoms with E-state index in [1.165, 1.54) is 6.07 Å². The van der Waals surface area contributed by atoms with Gasteiger partial charge in [-0.2, -0.15) is 0 Å². The minimum Gasteiger partial charge on any atom is -0.508 e. The number of esters is 1. The number of rotatable bonds is 2. The second-order valence-corrected chi connectivity index (χ2v) is 5.44. The number of carboxylic acid groups (broad SMARTS) is 1. The SMILES string of the molecule is O=C1C=C([C@H]2Oc3cc(O)cc(O)c3C[C@H]2O)CC(C(=O)O)O1. The maximum atomic E-state index is 11.5. The summed E-state index contributed by atoms with van der Waals surface area (Å²) in [5, 5.41) is 38.5. The quantitative estimate of drug-likeness (QED) is 0.563. The molecule has 2 heterocycles. The number of benzene rings is 1. The Kier molecular flexibility index (Phi) is 3.61. The molecule has 0 aromatic heterocycles. The molecule has 0 aliphatic carbocycles. The highest BCUT2D eigenvalue weighted by atomic mass is 16.6. The molecule has 2 aliphatic heterocycles. The van der Waals surface area contributed by atoms with Crippen LogP contribution in [0.2, 0.25) is 0 Å². The molecule has 4 N–H and O–H groups in total. The van der Waals surface area contributed by atoms with Crippen molar-refractivity contribution in [2.75, 3.05) is 0 Å². The van der Waals surface area contributed by atoms with E-state index < -0.39 is 30.3 Å². The molecule has 3 atom stereocenters. The van der Waals surface area contributed by atoms with Crippen molar-refractivity contribution in [1.82, 2.24) is 0 Å². The standard InChI is InChI=1S/C15H14O8/c16-7-3-9(17)8-5-10(18)14(23-11(8)4-7)6-1-12(15(20)21)22-13(19)2-6/h2-4,10,12,14,16-18H,1,5H2,(H,20,21)/t10-,12?,14-/m1/s1. The summed E-state index contributed by atoms with van der Waals surface area (Å²) in [6.07, 6.45) is -2.35. The molecule has 0 saturated carbocycles. The number of hydrogen-bond donors (Lipinski definition) is 4. The monoisotopic (exact) mass is 322 g/mol. The lowest BCUT2D eigenvalue weighted by atomic mass is 9.90. The summed E-state index contributed by atoms with van der Waals surface area (Å²) < 4.78 is 10.3. The Morgan fingerprint density at radius 2 is 1.91 bits per heavy atom. The lowest BCUT2D eigenvalue weighted by Gasteiger charge is -2.34. The van der Waals surface area contributed by atoms with Crippen LogP contribution in [0.1, 0.15) is 12.0 Å². The van der Waals surface area contributed by atoms with Crippen molar-refractivity contribution in [2.24, 2.45) is 0 Å². The van der Waals surface area contributed by atoms with Gasteiger partial charge < -0.3 is 29.9 Å². The summed E-state index contributed by atoms with van der Waals surface area (Å²) in [6, 6.07) is 2.41. The van der Waals surface area contributed by atoms with Crippen LogP contribution >= 0.6 is 0 Å². The molecular weight excluding hydrogens is 308 g/mol. The summed E-state index contributed by atoms with van der Waals surface area (Å²) in [7, 11) is 0. The van der Waals surface area contributed by atoms with Crippen LogP contribution in [0.25, 0.3) is 0 Å². The molecular formula is C15H14O8. The van der Waals surface area contributed by atoms with Crippen LogP contribution in [-0.2, 0) is 20.7 Å². The summed E-state index contributed by atoms with van der Waals surface area (Å²) in [6.45, 7) is 0. The Bertz CT molecular complexity index is 708. The van der Waals surface area contributed by atoms with Crippen LogP contribution in [0.4, 0.5) is 0 Å². The van der Waals surface area contributed by atoms with Gasteiger partial charge in [0.1, 0.15) is 23.4 Å². The predicted octanol–water partition coefficient (Wildman–Crippen LogP) is 0.0887. The molecule has 23 heavy (non-hydrogen) atoms. The highest BCUT2D eigenvalue weighted by Gasteiger charge is 2.38. The zero-order chi connectivity index (χ0) is 16.7. The molecule has 0 bridgehead atoms. The van der Waals surface area contributed by atoms with Crippen LogP contribution in [0.5, 0.6) is 17.2 Å². The Balaban J connectivity index is 1.92. The lowest BCUT2D eigenvalue weighted by molar-refractivity contribution is -0.162. The zero-order valence-corrected chi connectivity index (χ0v) is 11.8. The van der Waals surface area contributed by atoms with Gasteiger partial charge >= 0.3 is 11.9 Å². The maximum Gasteiger partial charge on any atom is 0.345 e. The molecule has 8 heteroatoms. The van der Waals surface area contributed by atoms with Gasteiger partial charge in [0.05, 0.1) is 6.10 Å². The van der Waals surface area contributed by atoms with E-state index in [1.807, 2.05) is 0 Å². The molecule has 0 saturated heterocycles. The molecule has 3 rings (SSSR count). The number of phenolic OH excluding ortho intramolecular Hbond substituents is 2. The largest absolute Gasteiger partial charge is 0.508 e. The van der Waals surface area contributed by atoms with Crippen LogP contribution < -0.4 is 4.74 Å². The molecule has 2 aliphatic rings. The number of aliphatic hydroxyl groups excluding tert-OH is 1. The van der Waals surface area contributed by atoms with Gasteiger partial charge in [-0.3, -0.25) is 0 Å². The average Bonchev–Trinajstić information content (AvgIpc) is 2.46. The van der Waals surface area contributed by atoms with Gasteiger partial charge in [-0.15, -0.1) is 0 Å². The van der Waals surface area contributed by atoms with Crippen molar-refractivity contribution in [3.05, 3.63) is 29.3 Å². The first-order chi connectivity index (χ1) is 10.8. The predicted molar refractivity (Wildman–Crippen MR) is 74.1 cm³/mol. The van der Waals surface area contributed by atoms with Gasteiger partial charge in [-0.25, -0.2) is 9.59 Å². The van der Waals surface area contributed by atoms with Gasteiger partial charge in [-0.05, 0) is 5.57 Å². The van der Waals surface area contributed by atoms with E-state index in [9.17, 15) is 24.9 Å². The number of aromatic hydroxyl groups is 2. The minimum absolute atomic E-state index is 0.0379. The first-order valence-electron chi connectivity index (χ1n) is 6.88. The van der Waals surface area contributed by atoms with E-state index in [1.54, 1.807) is 0 Å². The number of ether oxygens (including phenoxy) is 2. The summed E-state index contributed by atoms with van der Waals surface area (Å²) in [5.74, 6) is -2.36. The fourth-order valence-electron chi connectivity index (χ4n) is 2.76. The second kappa shape index (κ2) is 5.47. The molecule has 1 aromatic carbocycles. The molecule has 122 valence electrons. The molecule has 0 amide bonds. The number of aliphatic hydroxyl groups is 1. The van der Waals surface area contributed by atoms with E-state index >= 15 is 0 Å². The van der Waals surface area contributed by atoms with Gasteiger partial charge in [-0.1, -0.05) is 0 Å². The first kappa shape index (κ1) is 15.2. The van der Waals surface area contributed by atoms with E-state index in [0.29, 0.717) is 5.56 Å². The fourth-order valence-corrected chi connectivity index (χ4v) is 2.76. The molecule has 0 radical (unpaired) electrons. The van der Waals surface area contributed by atoms with Gasteiger partial charge in [0.15, 0.2) is 0 Å². The van der Waals surface area contributed by atoms with Crippen molar-refractivity contribution in [3.8, 4) is 17.2 Å².